The normalized spacial score (nSPS) is 18.1. The lowest BCUT2D eigenvalue weighted by Gasteiger charge is -2.41. The third kappa shape index (κ3) is 7.24. The predicted molar refractivity (Wildman–Crippen MR) is 102 cm³/mol. The van der Waals surface area contributed by atoms with Crippen LogP contribution in [0.2, 0.25) is 18.1 Å². The van der Waals surface area contributed by atoms with Crippen molar-refractivity contribution in [3.63, 3.8) is 0 Å². The van der Waals surface area contributed by atoms with Crippen LogP contribution in [0.5, 0.6) is 0 Å². The fraction of sp³-hybridized carbons (Fsp3) is 1.00. The summed E-state index contributed by atoms with van der Waals surface area (Å²) in [7, 11) is -2.86. The SMILES string of the molecule is CCCC[C@@](C)(CO[Si](C)(C)C(C)(C)C)N[S@](=O)C(C)(C)C. The molecule has 0 aromatic rings. The molecule has 3 nitrogen and oxygen atoms in total. The van der Waals surface area contributed by atoms with Crippen molar-refractivity contribution in [1.29, 1.82) is 0 Å². The molecule has 0 saturated carbocycles. The fourth-order valence-corrected chi connectivity index (χ4v) is 3.68. The average Bonchev–Trinajstić information content (AvgIpc) is 2.32. The molecule has 0 aromatic carbocycles. The molecule has 1 N–H and O–H groups in total. The minimum atomic E-state index is -1.79. The Balaban J connectivity index is 5.01. The zero-order valence-corrected chi connectivity index (χ0v) is 18.4. The number of nitrogens with one attached hydrogen (secondary N) is 1. The summed E-state index contributed by atoms with van der Waals surface area (Å²) in [4.78, 5) is 0. The molecular weight excluding hydrogens is 310 g/mol. The van der Waals surface area contributed by atoms with E-state index in [-0.39, 0.29) is 15.3 Å². The van der Waals surface area contributed by atoms with Gasteiger partial charge in [-0.25, -0.2) is 8.93 Å². The molecule has 0 aliphatic rings. The van der Waals surface area contributed by atoms with Gasteiger partial charge in [0.05, 0.1) is 22.3 Å². The molecule has 0 amide bonds. The molecule has 0 fully saturated rings. The molecule has 134 valence electrons. The van der Waals surface area contributed by atoms with Gasteiger partial charge in [-0.3, -0.25) is 0 Å². The van der Waals surface area contributed by atoms with Crippen LogP contribution in [-0.2, 0) is 15.4 Å². The van der Waals surface area contributed by atoms with Crippen LogP contribution in [-0.4, -0.2) is 29.4 Å². The van der Waals surface area contributed by atoms with Gasteiger partial charge in [-0.05, 0) is 52.2 Å². The molecule has 0 aromatic heterocycles. The van der Waals surface area contributed by atoms with Gasteiger partial charge in [-0.2, -0.15) is 0 Å². The van der Waals surface area contributed by atoms with E-state index in [1.165, 1.54) is 0 Å². The summed E-state index contributed by atoms with van der Waals surface area (Å²) in [6.45, 7) is 22.3. The van der Waals surface area contributed by atoms with E-state index in [1.807, 2.05) is 20.8 Å². The molecule has 0 saturated heterocycles. The Hall–Kier alpha value is 0.287. The number of unbranched alkanes of at least 4 members (excludes halogenated alkanes) is 1. The first-order valence-electron chi connectivity index (χ1n) is 8.48. The molecular formula is C17H39NO2SSi. The van der Waals surface area contributed by atoms with Crippen LogP contribution in [0.4, 0.5) is 0 Å². The van der Waals surface area contributed by atoms with Crippen LogP contribution in [0.3, 0.4) is 0 Å². The van der Waals surface area contributed by atoms with Gasteiger partial charge in [-0.15, -0.1) is 0 Å². The van der Waals surface area contributed by atoms with E-state index in [2.05, 4.69) is 52.4 Å². The Labute approximate surface area is 142 Å². The number of rotatable bonds is 8. The van der Waals surface area contributed by atoms with Crippen LogP contribution in [0.15, 0.2) is 0 Å². The summed E-state index contributed by atoms with van der Waals surface area (Å²) >= 11 is 0. The molecule has 0 heterocycles. The van der Waals surface area contributed by atoms with Gasteiger partial charge in [0.25, 0.3) is 0 Å². The summed E-state index contributed by atoms with van der Waals surface area (Å²) in [6.07, 6.45) is 3.24. The van der Waals surface area contributed by atoms with Crippen molar-refractivity contribution in [2.75, 3.05) is 6.61 Å². The molecule has 0 bridgehead atoms. The van der Waals surface area contributed by atoms with Crippen LogP contribution in [0, 0.1) is 0 Å². The van der Waals surface area contributed by atoms with Crippen molar-refractivity contribution < 1.29 is 8.63 Å². The van der Waals surface area contributed by atoms with Crippen molar-refractivity contribution in [2.45, 2.75) is 103 Å². The molecule has 0 spiro atoms. The quantitative estimate of drug-likeness (QED) is 0.626. The topological polar surface area (TPSA) is 38.3 Å². The van der Waals surface area contributed by atoms with Crippen molar-refractivity contribution >= 4 is 19.3 Å². The first-order valence-corrected chi connectivity index (χ1v) is 12.5. The Bertz CT molecular complexity index is 372. The maximum Gasteiger partial charge on any atom is 0.192 e. The van der Waals surface area contributed by atoms with E-state index in [0.29, 0.717) is 6.61 Å². The maximum atomic E-state index is 12.5. The van der Waals surface area contributed by atoms with Gasteiger partial charge >= 0.3 is 0 Å². The van der Waals surface area contributed by atoms with Crippen LogP contribution in [0.25, 0.3) is 0 Å². The van der Waals surface area contributed by atoms with Crippen LogP contribution < -0.4 is 4.72 Å². The Morgan fingerprint density at radius 2 is 1.55 bits per heavy atom. The summed E-state index contributed by atoms with van der Waals surface area (Å²) in [5.74, 6) is 0. The van der Waals surface area contributed by atoms with E-state index < -0.39 is 19.3 Å². The average molecular weight is 350 g/mol. The van der Waals surface area contributed by atoms with Gasteiger partial charge in [0.2, 0.25) is 0 Å². The highest BCUT2D eigenvalue weighted by atomic mass is 32.2. The highest BCUT2D eigenvalue weighted by Gasteiger charge is 2.40. The predicted octanol–water partition coefficient (Wildman–Crippen LogP) is 5.01. The molecule has 2 atom stereocenters. The van der Waals surface area contributed by atoms with E-state index in [1.54, 1.807) is 0 Å². The van der Waals surface area contributed by atoms with Crippen molar-refractivity contribution in [3.8, 4) is 0 Å². The van der Waals surface area contributed by atoms with Gasteiger partial charge < -0.3 is 4.43 Å². The lowest BCUT2D eigenvalue weighted by atomic mass is 9.98. The first kappa shape index (κ1) is 22.3. The summed E-state index contributed by atoms with van der Waals surface area (Å²) in [5.41, 5.74) is -0.232. The van der Waals surface area contributed by atoms with Gasteiger partial charge in [0.1, 0.15) is 0 Å². The number of hydrogen-bond donors (Lipinski definition) is 1. The monoisotopic (exact) mass is 349 g/mol. The maximum absolute atomic E-state index is 12.5. The molecule has 5 heteroatoms. The van der Waals surface area contributed by atoms with E-state index in [0.717, 1.165) is 19.3 Å². The highest BCUT2D eigenvalue weighted by molar-refractivity contribution is 7.84. The van der Waals surface area contributed by atoms with Crippen molar-refractivity contribution in [1.82, 2.24) is 4.72 Å². The lowest BCUT2D eigenvalue weighted by molar-refractivity contribution is 0.188. The molecule has 0 aliphatic heterocycles. The molecule has 0 radical (unpaired) electrons. The van der Waals surface area contributed by atoms with Gasteiger partial charge in [0.15, 0.2) is 8.32 Å². The van der Waals surface area contributed by atoms with Gasteiger partial charge in [-0.1, -0.05) is 40.5 Å². The molecule has 0 rings (SSSR count). The van der Waals surface area contributed by atoms with Crippen LogP contribution >= 0.6 is 0 Å². The van der Waals surface area contributed by atoms with Gasteiger partial charge in [0, 0.05) is 5.54 Å². The smallest absolute Gasteiger partial charge is 0.192 e. The number of hydrogen-bond acceptors (Lipinski definition) is 2. The van der Waals surface area contributed by atoms with E-state index in [9.17, 15) is 4.21 Å². The largest absolute Gasteiger partial charge is 0.415 e. The Morgan fingerprint density at radius 1 is 1.05 bits per heavy atom. The minimum Gasteiger partial charge on any atom is -0.415 e. The zero-order valence-electron chi connectivity index (χ0n) is 16.6. The standard InChI is InChI=1S/C17H39NO2SSi/c1-11-12-13-17(8,18-21(19)15(2,3)4)14-20-22(9,10)16(5,6)7/h18H,11-14H2,1-10H3/t17-,21+/m0/s1. The Kier molecular flexibility index (Phi) is 8.01. The van der Waals surface area contributed by atoms with E-state index in [4.69, 9.17) is 4.43 Å². The Morgan fingerprint density at radius 3 is 1.91 bits per heavy atom. The third-order valence-electron chi connectivity index (χ3n) is 4.54. The van der Waals surface area contributed by atoms with Crippen LogP contribution in [0.1, 0.15) is 74.7 Å². The van der Waals surface area contributed by atoms with Crippen molar-refractivity contribution in [2.24, 2.45) is 0 Å². The summed E-state index contributed by atoms with van der Waals surface area (Å²) < 4.78 is 22.0. The second kappa shape index (κ2) is 7.91. The van der Waals surface area contributed by atoms with E-state index >= 15 is 0 Å². The fourth-order valence-electron chi connectivity index (χ4n) is 1.65. The lowest BCUT2D eigenvalue weighted by Crippen LogP contribution is -2.54. The summed E-state index contributed by atoms with van der Waals surface area (Å²) in [5, 5.41) is 0.196. The second-order valence-corrected chi connectivity index (χ2v) is 16.0. The highest BCUT2D eigenvalue weighted by Crippen LogP contribution is 2.37. The molecule has 0 aliphatic carbocycles. The molecule has 0 unspecified atom stereocenters. The summed E-state index contributed by atoms with van der Waals surface area (Å²) in [6, 6.07) is 0. The van der Waals surface area contributed by atoms with Crippen molar-refractivity contribution in [3.05, 3.63) is 0 Å². The minimum absolute atomic E-state index is 0.196. The zero-order chi connectivity index (χ0) is 17.8. The second-order valence-electron chi connectivity index (χ2n) is 9.20. The first-order chi connectivity index (χ1) is 9.65. The molecule has 22 heavy (non-hydrogen) atoms. The third-order valence-corrected chi connectivity index (χ3v) is 10.8.